The van der Waals surface area contributed by atoms with Crippen molar-refractivity contribution in [2.75, 3.05) is 26.2 Å². The van der Waals surface area contributed by atoms with Gasteiger partial charge >= 0.3 is 5.97 Å². The van der Waals surface area contributed by atoms with Gasteiger partial charge in [-0.25, -0.2) is 9.18 Å². The van der Waals surface area contributed by atoms with Crippen LogP contribution in [0, 0.1) is 19.7 Å². The second-order valence-electron chi connectivity index (χ2n) is 7.15. The number of nitrogens with zero attached hydrogens (tertiary/aromatic N) is 2. The highest BCUT2D eigenvalue weighted by atomic mass is 19.1. The molecule has 5 nitrogen and oxygen atoms in total. The third-order valence-electron chi connectivity index (χ3n) is 5.00. The molecule has 3 rings (SSSR count). The number of halogens is 1. The standard InChI is InChI=1S/C23H25FN2O3/c1-16-6-3-4-8-20(16)22(21-10-9-19(24)14-17(21)2)25-29-13-12-26-11-5-7-18(15-26)23(27)28/h3-4,6-10,14H,5,11-13,15H2,1-2H3,(H,27,28)/b25-22+. The van der Waals surface area contributed by atoms with E-state index < -0.39 is 5.97 Å². The monoisotopic (exact) mass is 396 g/mol. The molecule has 0 saturated heterocycles. The average molecular weight is 396 g/mol. The van der Waals surface area contributed by atoms with Gasteiger partial charge in [0.1, 0.15) is 18.1 Å². The van der Waals surface area contributed by atoms with Gasteiger partial charge in [0.25, 0.3) is 0 Å². The van der Waals surface area contributed by atoms with E-state index in [0.717, 1.165) is 28.8 Å². The van der Waals surface area contributed by atoms with Crippen molar-refractivity contribution in [3.63, 3.8) is 0 Å². The molecule has 1 heterocycles. The smallest absolute Gasteiger partial charge is 0.332 e. The normalized spacial score (nSPS) is 15.1. The second kappa shape index (κ2) is 9.47. The van der Waals surface area contributed by atoms with E-state index in [0.29, 0.717) is 37.4 Å². The van der Waals surface area contributed by atoms with E-state index in [4.69, 9.17) is 9.94 Å². The van der Waals surface area contributed by atoms with E-state index in [2.05, 4.69) is 5.16 Å². The Balaban J connectivity index is 1.75. The average Bonchev–Trinajstić information content (AvgIpc) is 2.70. The summed E-state index contributed by atoms with van der Waals surface area (Å²) in [5.74, 6) is -1.16. The maximum Gasteiger partial charge on any atom is 0.332 e. The molecular formula is C23H25FN2O3. The van der Waals surface area contributed by atoms with Crippen LogP contribution in [0.15, 0.2) is 59.3 Å². The molecule has 0 amide bonds. The summed E-state index contributed by atoms with van der Waals surface area (Å²) in [7, 11) is 0. The maximum atomic E-state index is 13.6. The van der Waals surface area contributed by atoms with Crippen molar-refractivity contribution >= 4 is 11.7 Å². The summed E-state index contributed by atoms with van der Waals surface area (Å²) in [5, 5.41) is 13.5. The molecule has 0 unspecified atom stereocenters. The van der Waals surface area contributed by atoms with Gasteiger partial charge in [0.15, 0.2) is 0 Å². The van der Waals surface area contributed by atoms with Crippen molar-refractivity contribution in [1.29, 1.82) is 0 Å². The van der Waals surface area contributed by atoms with Crippen LogP contribution in [0.1, 0.15) is 28.7 Å². The first-order valence-corrected chi connectivity index (χ1v) is 9.63. The molecule has 0 radical (unpaired) electrons. The highest BCUT2D eigenvalue weighted by Gasteiger charge is 2.17. The van der Waals surface area contributed by atoms with Crippen LogP contribution in [-0.4, -0.2) is 47.9 Å². The molecule has 0 fully saturated rings. The fraction of sp³-hybridized carbons (Fsp3) is 0.304. The quantitative estimate of drug-likeness (QED) is 0.438. The number of carboxylic acids is 1. The first-order chi connectivity index (χ1) is 14.0. The molecule has 0 spiro atoms. The minimum Gasteiger partial charge on any atom is -0.478 e. The summed E-state index contributed by atoms with van der Waals surface area (Å²) in [6, 6.07) is 12.5. The van der Waals surface area contributed by atoms with Crippen LogP contribution in [0.25, 0.3) is 0 Å². The van der Waals surface area contributed by atoms with Crippen molar-refractivity contribution in [2.24, 2.45) is 5.16 Å². The lowest BCUT2D eigenvalue weighted by atomic mass is 9.95. The van der Waals surface area contributed by atoms with Crippen LogP contribution in [0.2, 0.25) is 0 Å². The molecule has 0 atom stereocenters. The fourth-order valence-electron chi connectivity index (χ4n) is 3.41. The van der Waals surface area contributed by atoms with Gasteiger partial charge < -0.3 is 9.94 Å². The molecule has 2 aromatic rings. The van der Waals surface area contributed by atoms with Gasteiger partial charge in [-0.1, -0.05) is 35.5 Å². The third kappa shape index (κ3) is 5.29. The predicted octanol–water partition coefficient (Wildman–Crippen LogP) is 3.93. The molecule has 1 aliphatic heterocycles. The van der Waals surface area contributed by atoms with E-state index in [1.165, 1.54) is 12.1 Å². The van der Waals surface area contributed by atoms with Crippen LogP contribution in [0.4, 0.5) is 4.39 Å². The van der Waals surface area contributed by atoms with Gasteiger partial charge in [0.2, 0.25) is 0 Å². The number of hydrogen-bond donors (Lipinski definition) is 1. The first-order valence-electron chi connectivity index (χ1n) is 9.63. The molecular weight excluding hydrogens is 371 g/mol. The SMILES string of the molecule is Cc1ccccc1/C(=N\OCCN1CCC=C(C(=O)O)C1)c1ccc(F)cc1C. The van der Waals surface area contributed by atoms with Crippen molar-refractivity contribution in [1.82, 2.24) is 4.90 Å². The van der Waals surface area contributed by atoms with Crippen LogP contribution in [-0.2, 0) is 9.63 Å². The van der Waals surface area contributed by atoms with E-state index in [1.54, 1.807) is 12.1 Å². The zero-order valence-electron chi connectivity index (χ0n) is 16.7. The molecule has 0 saturated carbocycles. The van der Waals surface area contributed by atoms with Crippen LogP contribution >= 0.6 is 0 Å². The molecule has 2 aromatic carbocycles. The summed E-state index contributed by atoms with van der Waals surface area (Å²) < 4.78 is 13.6. The summed E-state index contributed by atoms with van der Waals surface area (Å²) in [4.78, 5) is 18.8. The van der Waals surface area contributed by atoms with E-state index in [-0.39, 0.29) is 5.82 Å². The second-order valence-corrected chi connectivity index (χ2v) is 7.15. The van der Waals surface area contributed by atoms with Gasteiger partial charge in [-0.3, -0.25) is 4.90 Å². The lowest BCUT2D eigenvalue weighted by molar-refractivity contribution is -0.133. The largest absolute Gasteiger partial charge is 0.478 e. The number of aliphatic carboxylic acids is 1. The Kier molecular flexibility index (Phi) is 6.77. The Labute approximate surface area is 170 Å². The maximum absolute atomic E-state index is 13.6. The van der Waals surface area contributed by atoms with Gasteiger partial charge in [-0.2, -0.15) is 0 Å². The number of oxime groups is 1. The van der Waals surface area contributed by atoms with Crippen LogP contribution < -0.4 is 0 Å². The Hall–Kier alpha value is -2.99. The van der Waals surface area contributed by atoms with E-state index in [1.807, 2.05) is 43.0 Å². The predicted molar refractivity (Wildman–Crippen MR) is 111 cm³/mol. The molecule has 152 valence electrons. The Bertz CT molecular complexity index is 953. The molecule has 0 aliphatic carbocycles. The lowest BCUT2D eigenvalue weighted by Gasteiger charge is -2.25. The van der Waals surface area contributed by atoms with Crippen LogP contribution in [0.5, 0.6) is 0 Å². The number of benzene rings is 2. The number of carboxylic acid groups (broad SMARTS) is 1. The number of rotatable bonds is 7. The first kappa shape index (κ1) is 20.7. The van der Waals surface area contributed by atoms with Crippen molar-refractivity contribution in [3.05, 3.63) is 82.2 Å². The summed E-state index contributed by atoms with van der Waals surface area (Å²) >= 11 is 0. The number of hydrogen-bond acceptors (Lipinski definition) is 4. The molecule has 1 N–H and O–H groups in total. The molecule has 29 heavy (non-hydrogen) atoms. The molecule has 0 bridgehead atoms. The van der Waals surface area contributed by atoms with Gasteiger partial charge in [0, 0.05) is 36.3 Å². The minimum absolute atomic E-state index is 0.288. The van der Waals surface area contributed by atoms with Crippen LogP contribution in [0.3, 0.4) is 0 Å². The zero-order valence-corrected chi connectivity index (χ0v) is 16.7. The highest BCUT2D eigenvalue weighted by Crippen LogP contribution is 2.19. The van der Waals surface area contributed by atoms with E-state index in [9.17, 15) is 9.18 Å². The molecule has 0 aromatic heterocycles. The zero-order chi connectivity index (χ0) is 20.8. The van der Waals surface area contributed by atoms with Gasteiger partial charge in [-0.05, 0) is 49.6 Å². The Morgan fingerprint density at radius 3 is 2.66 bits per heavy atom. The summed E-state index contributed by atoms with van der Waals surface area (Å²) in [6.45, 7) is 5.96. The molecule has 6 heteroatoms. The molecule has 1 aliphatic rings. The lowest BCUT2D eigenvalue weighted by Crippen LogP contribution is -2.34. The number of carbonyl (C=O) groups is 1. The van der Waals surface area contributed by atoms with Crippen molar-refractivity contribution in [3.8, 4) is 0 Å². The van der Waals surface area contributed by atoms with Crippen molar-refractivity contribution in [2.45, 2.75) is 20.3 Å². The number of aryl methyl sites for hydroxylation is 2. The topological polar surface area (TPSA) is 62.1 Å². The minimum atomic E-state index is -0.873. The van der Waals surface area contributed by atoms with Gasteiger partial charge in [0.05, 0.1) is 0 Å². The fourth-order valence-corrected chi connectivity index (χ4v) is 3.41. The summed E-state index contributed by atoms with van der Waals surface area (Å²) in [6.07, 6.45) is 2.49. The summed E-state index contributed by atoms with van der Waals surface area (Å²) in [5.41, 5.74) is 4.65. The Morgan fingerprint density at radius 1 is 1.17 bits per heavy atom. The van der Waals surface area contributed by atoms with E-state index >= 15 is 0 Å². The van der Waals surface area contributed by atoms with Gasteiger partial charge in [-0.15, -0.1) is 0 Å². The highest BCUT2D eigenvalue weighted by molar-refractivity contribution is 6.14. The van der Waals surface area contributed by atoms with Crippen molar-refractivity contribution < 1.29 is 19.1 Å². The Morgan fingerprint density at radius 2 is 1.93 bits per heavy atom. The third-order valence-corrected chi connectivity index (χ3v) is 5.00.